The van der Waals surface area contributed by atoms with Crippen molar-refractivity contribution in [2.24, 2.45) is 0 Å². The van der Waals surface area contributed by atoms with E-state index in [1.165, 1.54) is 12.3 Å². The van der Waals surface area contributed by atoms with Gasteiger partial charge in [0.2, 0.25) is 0 Å². The van der Waals surface area contributed by atoms with Crippen LogP contribution in [0.3, 0.4) is 0 Å². The molecule has 1 atom stereocenters. The van der Waals surface area contributed by atoms with Crippen LogP contribution in [0.5, 0.6) is 0 Å². The Morgan fingerprint density at radius 1 is 1.30 bits per heavy atom. The van der Waals surface area contributed by atoms with Crippen molar-refractivity contribution in [1.29, 1.82) is 0 Å². The SMILES string of the molecule is O=C(N[C@@H](CO)Cc1ccccc1)c1ccncc1F. The van der Waals surface area contributed by atoms with E-state index in [0.717, 1.165) is 11.8 Å². The topological polar surface area (TPSA) is 62.2 Å². The standard InChI is InChI=1S/C15H15FN2O2/c16-14-9-17-7-6-13(14)15(20)18-12(10-19)8-11-4-2-1-3-5-11/h1-7,9,12,19H,8,10H2,(H,18,20)/t12-/m1/s1. The van der Waals surface area contributed by atoms with Crippen molar-refractivity contribution < 1.29 is 14.3 Å². The molecule has 0 bridgehead atoms. The first-order chi connectivity index (χ1) is 9.70. The van der Waals surface area contributed by atoms with Gasteiger partial charge in [-0.25, -0.2) is 4.39 Å². The smallest absolute Gasteiger partial charge is 0.254 e. The minimum absolute atomic E-state index is 0.0773. The minimum Gasteiger partial charge on any atom is -0.394 e. The van der Waals surface area contributed by atoms with Crippen molar-refractivity contribution in [3.05, 3.63) is 65.7 Å². The van der Waals surface area contributed by atoms with Gasteiger partial charge in [0, 0.05) is 6.20 Å². The van der Waals surface area contributed by atoms with Crippen LogP contribution >= 0.6 is 0 Å². The van der Waals surface area contributed by atoms with Crippen molar-refractivity contribution in [2.75, 3.05) is 6.61 Å². The maximum atomic E-state index is 13.4. The number of rotatable bonds is 5. The Labute approximate surface area is 116 Å². The van der Waals surface area contributed by atoms with Crippen molar-refractivity contribution in [3.63, 3.8) is 0 Å². The lowest BCUT2D eigenvalue weighted by Crippen LogP contribution is -2.39. The number of nitrogens with one attached hydrogen (secondary N) is 1. The molecule has 0 radical (unpaired) electrons. The maximum absolute atomic E-state index is 13.4. The molecule has 2 N–H and O–H groups in total. The van der Waals surface area contributed by atoms with Gasteiger partial charge in [-0.05, 0) is 18.1 Å². The Bertz CT molecular complexity index is 575. The first kappa shape index (κ1) is 14.1. The summed E-state index contributed by atoms with van der Waals surface area (Å²) in [6, 6.07) is 10.3. The maximum Gasteiger partial charge on any atom is 0.254 e. The molecule has 0 aliphatic carbocycles. The Balaban J connectivity index is 2.03. The van der Waals surface area contributed by atoms with E-state index < -0.39 is 17.8 Å². The van der Waals surface area contributed by atoms with Gasteiger partial charge in [-0.1, -0.05) is 30.3 Å². The van der Waals surface area contributed by atoms with E-state index in [2.05, 4.69) is 10.3 Å². The lowest BCUT2D eigenvalue weighted by molar-refractivity contribution is 0.0912. The fraction of sp³-hybridized carbons (Fsp3) is 0.200. The largest absolute Gasteiger partial charge is 0.394 e. The Morgan fingerprint density at radius 3 is 2.70 bits per heavy atom. The van der Waals surface area contributed by atoms with Crippen molar-refractivity contribution >= 4 is 5.91 Å². The predicted molar refractivity (Wildman–Crippen MR) is 72.7 cm³/mol. The Hall–Kier alpha value is -2.27. The zero-order valence-corrected chi connectivity index (χ0v) is 10.8. The summed E-state index contributed by atoms with van der Waals surface area (Å²) in [5, 5.41) is 11.9. The molecule has 0 unspecified atom stereocenters. The highest BCUT2D eigenvalue weighted by Gasteiger charge is 2.16. The van der Waals surface area contributed by atoms with Crippen molar-refractivity contribution in [1.82, 2.24) is 10.3 Å². The van der Waals surface area contributed by atoms with Gasteiger partial charge < -0.3 is 10.4 Å². The molecule has 1 aromatic carbocycles. The summed E-state index contributed by atoms with van der Waals surface area (Å²) in [6.45, 7) is -0.215. The summed E-state index contributed by atoms with van der Waals surface area (Å²) < 4.78 is 13.4. The third-order valence-corrected chi connectivity index (χ3v) is 2.90. The van der Waals surface area contributed by atoms with Gasteiger partial charge in [0.15, 0.2) is 5.82 Å². The van der Waals surface area contributed by atoms with Crippen LogP contribution in [0.2, 0.25) is 0 Å². The van der Waals surface area contributed by atoms with Crippen molar-refractivity contribution in [3.8, 4) is 0 Å². The highest BCUT2D eigenvalue weighted by Crippen LogP contribution is 2.07. The number of carbonyl (C=O) groups excluding carboxylic acids is 1. The first-order valence-corrected chi connectivity index (χ1v) is 6.26. The second-order valence-corrected chi connectivity index (χ2v) is 4.40. The molecule has 2 rings (SSSR count). The van der Waals surface area contributed by atoms with Crippen LogP contribution < -0.4 is 5.32 Å². The van der Waals surface area contributed by atoms with Crippen LogP contribution in [0.4, 0.5) is 4.39 Å². The number of nitrogens with zero attached hydrogens (tertiary/aromatic N) is 1. The lowest BCUT2D eigenvalue weighted by Gasteiger charge is -2.16. The molecule has 1 amide bonds. The molecule has 2 aromatic rings. The number of aromatic nitrogens is 1. The van der Waals surface area contributed by atoms with E-state index in [1.54, 1.807) is 0 Å². The Morgan fingerprint density at radius 2 is 2.05 bits per heavy atom. The average molecular weight is 274 g/mol. The molecule has 5 heteroatoms. The highest BCUT2D eigenvalue weighted by molar-refractivity contribution is 5.94. The monoisotopic (exact) mass is 274 g/mol. The molecule has 0 aliphatic heterocycles. The number of amides is 1. The number of benzene rings is 1. The van der Waals surface area contributed by atoms with Gasteiger partial charge in [0.1, 0.15) is 0 Å². The van der Waals surface area contributed by atoms with E-state index in [-0.39, 0.29) is 12.2 Å². The van der Waals surface area contributed by atoms with Gasteiger partial charge >= 0.3 is 0 Å². The molecule has 4 nitrogen and oxygen atoms in total. The zero-order chi connectivity index (χ0) is 14.4. The molecular formula is C15H15FN2O2. The van der Waals surface area contributed by atoms with E-state index in [0.29, 0.717) is 6.42 Å². The molecule has 20 heavy (non-hydrogen) atoms. The van der Waals surface area contributed by atoms with Crippen LogP contribution in [-0.2, 0) is 6.42 Å². The fourth-order valence-corrected chi connectivity index (χ4v) is 1.88. The number of hydrogen-bond donors (Lipinski definition) is 2. The van der Waals surface area contributed by atoms with E-state index in [9.17, 15) is 14.3 Å². The van der Waals surface area contributed by atoms with Crippen molar-refractivity contribution in [2.45, 2.75) is 12.5 Å². The zero-order valence-electron chi connectivity index (χ0n) is 10.8. The highest BCUT2D eigenvalue weighted by atomic mass is 19.1. The quantitative estimate of drug-likeness (QED) is 0.869. The average Bonchev–Trinajstić information content (AvgIpc) is 2.48. The molecule has 0 fully saturated rings. The fourth-order valence-electron chi connectivity index (χ4n) is 1.88. The van der Waals surface area contributed by atoms with E-state index >= 15 is 0 Å². The summed E-state index contributed by atoms with van der Waals surface area (Å²) in [5.74, 6) is -1.23. The molecule has 1 heterocycles. The van der Waals surface area contributed by atoms with Crippen LogP contribution in [-0.4, -0.2) is 28.6 Å². The van der Waals surface area contributed by atoms with Crippen LogP contribution in [0.15, 0.2) is 48.8 Å². The first-order valence-electron chi connectivity index (χ1n) is 6.26. The number of pyridine rings is 1. The third kappa shape index (κ3) is 3.61. The van der Waals surface area contributed by atoms with Crippen LogP contribution in [0.25, 0.3) is 0 Å². The summed E-state index contributed by atoms with van der Waals surface area (Å²) in [5.41, 5.74) is 0.911. The van der Waals surface area contributed by atoms with Gasteiger partial charge in [0.05, 0.1) is 24.4 Å². The third-order valence-electron chi connectivity index (χ3n) is 2.90. The molecule has 0 spiro atoms. The second-order valence-electron chi connectivity index (χ2n) is 4.40. The van der Waals surface area contributed by atoms with Gasteiger partial charge in [-0.3, -0.25) is 9.78 Å². The van der Waals surface area contributed by atoms with Gasteiger partial charge in [0.25, 0.3) is 5.91 Å². The van der Waals surface area contributed by atoms with Gasteiger partial charge in [-0.15, -0.1) is 0 Å². The second kappa shape index (κ2) is 6.77. The summed E-state index contributed by atoms with van der Waals surface area (Å²) in [7, 11) is 0. The molecule has 0 saturated heterocycles. The minimum atomic E-state index is -0.679. The molecule has 104 valence electrons. The Kier molecular flexibility index (Phi) is 4.79. The molecule has 0 saturated carbocycles. The predicted octanol–water partition coefficient (Wildman–Crippen LogP) is 1.55. The number of aliphatic hydroxyl groups is 1. The number of halogens is 1. The molecule has 1 aromatic heterocycles. The van der Waals surface area contributed by atoms with Crippen LogP contribution in [0.1, 0.15) is 15.9 Å². The summed E-state index contributed by atoms with van der Waals surface area (Å²) in [4.78, 5) is 15.5. The lowest BCUT2D eigenvalue weighted by atomic mass is 10.1. The van der Waals surface area contributed by atoms with Gasteiger partial charge in [-0.2, -0.15) is 0 Å². The summed E-state index contributed by atoms with van der Waals surface area (Å²) >= 11 is 0. The number of carbonyl (C=O) groups is 1. The molecular weight excluding hydrogens is 259 g/mol. The normalized spacial score (nSPS) is 11.9. The number of aliphatic hydroxyl groups excluding tert-OH is 1. The summed E-state index contributed by atoms with van der Waals surface area (Å²) in [6.07, 6.45) is 2.82. The molecule has 0 aliphatic rings. The van der Waals surface area contributed by atoms with Crippen LogP contribution in [0, 0.1) is 5.82 Å². The van der Waals surface area contributed by atoms with E-state index in [4.69, 9.17) is 0 Å². The van der Waals surface area contributed by atoms with E-state index in [1.807, 2.05) is 30.3 Å². The number of hydrogen-bond acceptors (Lipinski definition) is 3.